The molecule has 0 saturated heterocycles. The second-order valence-corrected chi connectivity index (χ2v) is 5.19. The fourth-order valence-electron chi connectivity index (χ4n) is 1.58. The highest BCUT2D eigenvalue weighted by Crippen LogP contribution is 2.00. The normalized spacial score (nSPS) is 11.0. The van der Waals surface area contributed by atoms with E-state index in [1.54, 1.807) is 11.5 Å². The predicted molar refractivity (Wildman–Crippen MR) is 91.3 cm³/mol. The van der Waals surface area contributed by atoms with Gasteiger partial charge in [-0.1, -0.05) is 30.3 Å². The summed E-state index contributed by atoms with van der Waals surface area (Å²) < 4.78 is 4.99. The molecule has 0 aromatic heterocycles. The largest absolute Gasteiger partial charge is 0.463 e. The summed E-state index contributed by atoms with van der Waals surface area (Å²) >= 11 is 1.45. The number of unbranched alkanes of at least 4 members (excludes halogenated alkanes) is 1. The van der Waals surface area contributed by atoms with Crippen molar-refractivity contribution in [3.8, 4) is 0 Å². The molecule has 0 aliphatic carbocycles. The first kappa shape index (κ1) is 18.0. The number of hydrogen-bond donors (Lipinski definition) is 1. The van der Waals surface area contributed by atoms with Gasteiger partial charge in [0.15, 0.2) is 0 Å². The number of rotatable bonds is 9. The maximum Gasteiger partial charge on any atom is 0.331 e. The van der Waals surface area contributed by atoms with Crippen LogP contribution in [0.1, 0.15) is 18.4 Å². The summed E-state index contributed by atoms with van der Waals surface area (Å²) in [4.78, 5) is 22.7. The fraction of sp³-hybridized carbons (Fsp3) is 0.294. The third-order valence-corrected chi connectivity index (χ3v) is 3.09. The number of ether oxygens (including phenoxy) is 1. The summed E-state index contributed by atoms with van der Waals surface area (Å²) in [5.74, 6) is -0.451. The Morgan fingerprint density at radius 2 is 1.95 bits per heavy atom. The van der Waals surface area contributed by atoms with Gasteiger partial charge in [-0.25, -0.2) is 4.79 Å². The zero-order valence-electron chi connectivity index (χ0n) is 12.7. The van der Waals surface area contributed by atoms with Gasteiger partial charge < -0.3 is 10.1 Å². The standard InChI is InChI=1S/C17H21NO3S/c1-22-14-11-17(20)21-13-6-5-12-18-16(19)10-9-15-7-3-2-4-8-15/h2-4,7-11,14H,5-6,12-13H2,1H3,(H,18,19)/b10-9+,14-11-. The van der Waals surface area contributed by atoms with Crippen LogP contribution in [0.4, 0.5) is 0 Å². The summed E-state index contributed by atoms with van der Waals surface area (Å²) in [6, 6.07) is 9.65. The van der Waals surface area contributed by atoms with Gasteiger partial charge in [-0.2, -0.15) is 0 Å². The highest BCUT2D eigenvalue weighted by molar-refractivity contribution is 8.01. The molecular weight excluding hydrogens is 298 g/mol. The number of amides is 1. The minimum absolute atomic E-state index is 0.122. The van der Waals surface area contributed by atoms with E-state index < -0.39 is 0 Å². The van der Waals surface area contributed by atoms with E-state index in [0.29, 0.717) is 13.2 Å². The zero-order valence-corrected chi connectivity index (χ0v) is 13.5. The molecule has 1 N–H and O–H groups in total. The lowest BCUT2D eigenvalue weighted by molar-refractivity contribution is -0.137. The Hall–Kier alpha value is -2.01. The molecule has 0 bridgehead atoms. The molecule has 0 atom stereocenters. The van der Waals surface area contributed by atoms with Gasteiger partial charge in [-0.05, 0) is 36.1 Å². The van der Waals surface area contributed by atoms with Crippen LogP contribution in [0.3, 0.4) is 0 Å². The van der Waals surface area contributed by atoms with E-state index in [0.717, 1.165) is 18.4 Å². The topological polar surface area (TPSA) is 55.4 Å². The summed E-state index contributed by atoms with van der Waals surface area (Å²) in [5.41, 5.74) is 0.989. The third kappa shape index (κ3) is 9.02. The van der Waals surface area contributed by atoms with Crippen molar-refractivity contribution in [1.82, 2.24) is 5.32 Å². The van der Waals surface area contributed by atoms with E-state index in [1.807, 2.05) is 36.6 Å². The number of thioether (sulfide) groups is 1. The van der Waals surface area contributed by atoms with Crippen LogP contribution >= 0.6 is 11.8 Å². The van der Waals surface area contributed by atoms with Gasteiger partial charge in [0.1, 0.15) is 0 Å². The average molecular weight is 319 g/mol. The Balaban J connectivity index is 2.07. The molecule has 0 unspecified atom stereocenters. The molecule has 22 heavy (non-hydrogen) atoms. The minimum Gasteiger partial charge on any atom is -0.463 e. The molecule has 1 aromatic carbocycles. The molecule has 5 heteroatoms. The van der Waals surface area contributed by atoms with Crippen LogP contribution in [0.2, 0.25) is 0 Å². The van der Waals surface area contributed by atoms with Gasteiger partial charge >= 0.3 is 5.97 Å². The van der Waals surface area contributed by atoms with Crippen molar-refractivity contribution in [2.45, 2.75) is 12.8 Å². The molecule has 1 aromatic rings. The van der Waals surface area contributed by atoms with Crippen molar-refractivity contribution < 1.29 is 14.3 Å². The molecule has 1 amide bonds. The van der Waals surface area contributed by atoms with Crippen LogP contribution < -0.4 is 5.32 Å². The number of esters is 1. The van der Waals surface area contributed by atoms with Gasteiger partial charge in [-0.3, -0.25) is 4.79 Å². The number of carbonyl (C=O) groups excluding carboxylic acids is 2. The first-order valence-corrected chi connectivity index (χ1v) is 8.38. The van der Waals surface area contributed by atoms with Crippen LogP contribution in [0.5, 0.6) is 0 Å². The van der Waals surface area contributed by atoms with Crippen LogP contribution in [-0.2, 0) is 14.3 Å². The lowest BCUT2D eigenvalue weighted by Gasteiger charge is -2.03. The summed E-state index contributed by atoms with van der Waals surface area (Å²) in [7, 11) is 0. The molecule has 0 aliphatic heterocycles. The molecule has 0 aliphatic rings. The molecule has 118 valence electrons. The molecule has 1 rings (SSSR count). The van der Waals surface area contributed by atoms with Crippen molar-refractivity contribution in [2.24, 2.45) is 0 Å². The summed E-state index contributed by atoms with van der Waals surface area (Å²) in [6.45, 7) is 0.934. The molecular formula is C17H21NO3S. The average Bonchev–Trinajstić information content (AvgIpc) is 2.55. The third-order valence-electron chi connectivity index (χ3n) is 2.68. The number of benzene rings is 1. The fourth-order valence-corrected chi connectivity index (χ4v) is 1.83. The van der Waals surface area contributed by atoms with Gasteiger partial charge in [0, 0.05) is 18.7 Å². The van der Waals surface area contributed by atoms with Crippen molar-refractivity contribution >= 4 is 29.7 Å². The molecule has 4 nitrogen and oxygen atoms in total. The van der Waals surface area contributed by atoms with Crippen LogP contribution in [0.15, 0.2) is 47.9 Å². The van der Waals surface area contributed by atoms with Gasteiger partial charge in [0.25, 0.3) is 0 Å². The smallest absolute Gasteiger partial charge is 0.331 e. The predicted octanol–water partition coefficient (Wildman–Crippen LogP) is 3.02. The molecule has 0 fully saturated rings. The van der Waals surface area contributed by atoms with E-state index in [1.165, 1.54) is 23.9 Å². The maximum atomic E-state index is 11.6. The van der Waals surface area contributed by atoms with Crippen LogP contribution in [0.25, 0.3) is 6.08 Å². The highest BCUT2D eigenvalue weighted by Gasteiger charge is 1.98. The first-order valence-electron chi connectivity index (χ1n) is 7.09. The number of nitrogens with one attached hydrogen (secondary N) is 1. The van der Waals surface area contributed by atoms with Crippen molar-refractivity contribution in [1.29, 1.82) is 0 Å². The Morgan fingerprint density at radius 3 is 2.68 bits per heavy atom. The van der Waals surface area contributed by atoms with Crippen LogP contribution in [0, 0.1) is 0 Å². The SMILES string of the molecule is CS/C=C\C(=O)OCCCCNC(=O)/C=C/c1ccccc1. The molecule has 0 spiro atoms. The Bertz CT molecular complexity index is 512. The van der Waals surface area contributed by atoms with Crippen LogP contribution in [-0.4, -0.2) is 31.3 Å². The van der Waals surface area contributed by atoms with Gasteiger partial charge in [-0.15, -0.1) is 11.8 Å². The van der Waals surface area contributed by atoms with E-state index in [2.05, 4.69) is 5.32 Å². The number of hydrogen-bond acceptors (Lipinski definition) is 4. The van der Waals surface area contributed by atoms with Crippen molar-refractivity contribution in [2.75, 3.05) is 19.4 Å². The highest BCUT2D eigenvalue weighted by atomic mass is 32.2. The Morgan fingerprint density at radius 1 is 1.18 bits per heavy atom. The Kier molecular flexibility index (Phi) is 9.54. The number of carbonyl (C=O) groups is 2. The lowest BCUT2D eigenvalue weighted by Crippen LogP contribution is -2.22. The lowest BCUT2D eigenvalue weighted by atomic mass is 10.2. The molecule has 0 radical (unpaired) electrons. The monoisotopic (exact) mass is 319 g/mol. The minimum atomic E-state index is -0.329. The van der Waals surface area contributed by atoms with Gasteiger partial charge in [0.2, 0.25) is 5.91 Å². The second-order valence-electron chi connectivity index (χ2n) is 4.45. The van der Waals surface area contributed by atoms with Gasteiger partial charge in [0.05, 0.1) is 6.61 Å². The molecule has 0 saturated carbocycles. The second kappa shape index (κ2) is 11.6. The van der Waals surface area contributed by atoms with Crippen molar-refractivity contribution in [3.63, 3.8) is 0 Å². The van der Waals surface area contributed by atoms with E-state index >= 15 is 0 Å². The maximum absolute atomic E-state index is 11.6. The first-order chi connectivity index (χ1) is 10.7. The summed E-state index contributed by atoms with van der Waals surface area (Å²) in [6.07, 6.45) is 8.06. The molecule has 0 heterocycles. The Labute approximate surface area is 135 Å². The van der Waals surface area contributed by atoms with Crippen molar-refractivity contribution in [3.05, 3.63) is 53.5 Å². The van der Waals surface area contributed by atoms with E-state index in [9.17, 15) is 9.59 Å². The zero-order chi connectivity index (χ0) is 16.0. The van der Waals surface area contributed by atoms with E-state index in [4.69, 9.17) is 4.74 Å². The summed E-state index contributed by atoms with van der Waals surface area (Å²) in [5, 5.41) is 4.47. The van der Waals surface area contributed by atoms with E-state index in [-0.39, 0.29) is 11.9 Å². The quantitative estimate of drug-likeness (QED) is 0.432.